The molecular formula is C33H45N3O12. The van der Waals surface area contributed by atoms with Crippen molar-refractivity contribution in [2.75, 3.05) is 39.6 Å². The van der Waals surface area contributed by atoms with Crippen molar-refractivity contribution >= 4 is 18.3 Å². The fourth-order valence-corrected chi connectivity index (χ4v) is 3.21. The predicted molar refractivity (Wildman–Crippen MR) is 173 cm³/mol. The molecule has 4 rings (SSSR count). The molecule has 0 radical (unpaired) electrons. The van der Waals surface area contributed by atoms with Crippen molar-refractivity contribution in [3.63, 3.8) is 0 Å². The van der Waals surface area contributed by atoms with Crippen LogP contribution in [0.2, 0.25) is 0 Å². The zero-order valence-electron chi connectivity index (χ0n) is 26.4. The highest BCUT2D eigenvalue weighted by atomic mass is 16.8. The van der Waals surface area contributed by atoms with Gasteiger partial charge in [0.25, 0.3) is 0 Å². The number of alkyl carbamates (subject to hydrolysis) is 2. The van der Waals surface area contributed by atoms with Crippen molar-refractivity contribution in [2.45, 2.75) is 37.9 Å². The summed E-state index contributed by atoms with van der Waals surface area (Å²) >= 11 is 0. The summed E-state index contributed by atoms with van der Waals surface area (Å²) in [7, 11) is 0. The molecular weight excluding hydrogens is 630 g/mol. The Morgan fingerprint density at radius 2 is 1.25 bits per heavy atom. The van der Waals surface area contributed by atoms with Crippen LogP contribution in [0.25, 0.3) is 0 Å². The van der Waals surface area contributed by atoms with Crippen LogP contribution in [0.5, 0.6) is 0 Å². The normalized spacial score (nSPS) is 13.4. The molecule has 3 aromatic rings. The number of amides is 2. The highest BCUT2D eigenvalue weighted by Gasteiger charge is 2.23. The van der Waals surface area contributed by atoms with Gasteiger partial charge in [-0.3, -0.25) is 0 Å². The Morgan fingerprint density at radius 3 is 1.60 bits per heavy atom. The van der Waals surface area contributed by atoms with Gasteiger partial charge in [-0.15, -0.1) is 0 Å². The Balaban J connectivity index is 0.000000336. The van der Waals surface area contributed by atoms with E-state index in [2.05, 4.69) is 24.8 Å². The van der Waals surface area contributed by atoms with Gasteiger partial charge in [0.1, 0.15) is 25.4 Å². The van der Waals surface area contributed by atoms with Crippen molar-refractivity contribution < 1.29 is 58.9 Å². The molecule has 15 heteroatoms. The number of hydrogen-bond acceptors (Lipinski definition) is 13. The summed E-state index contributed by atoms with van der Waals surface area (Å²) in [5.74, 6) is 0. The van der Waals surface area contributed by atoms with E-state index in [4.69, 9.17) is 36.0 Å². The number of rotatable bonds is 12. The molecule has 0 bridgehead atoms. The van der Waals surface area contributed by atoms with Crippen molar-refractivity contribution in [2.24, 2.45) is 5.73 Å². The van der Waals surface area contributed by atoms with Crippen LogP contribution < -0.4 is 16.4 Å². The highest BCUT2D eigenvalue weighted by Crippen LogP contribution is 2.04. The lowest BCUT2D eigenvalue weighted by Crippen LogP contribution is -2.32. The summed E-state index contributed by atoms with van der Waals surface area (Å²) in [6.45, 7) is -0.0480. The van der Waals surface area contributed by atoms with Crippen LogP contribution in [0.3, 0.4) is 0 Å². The number of cyclic esters (lactones) is 2. The molecule has 9 N–H and O–H groups in total. The first-order valence-electron chi connectivity index (χ1n) is 14.9. The summed E-state index contributed by atoms with van der Waals surface area (Å²) < 4.78 is 18.1. The molecule has 0 saturated carbocycles. The van der Waals surface area contributed by atoms with E-state index in [0.29, 0.717) is 19.6 Å². The van der Waals surface area contributed by atoms with Gasteiger partial charge in [0.2, 0.25) is 0 Å². The number of aliphatic hydroxyl groups is 5. The topological polar surface area (TPSA) is 239 Å². The van der Waals surface area contributed by atoms with Crippen LogP contribution in [-0.4, -0.2) is 102 Å². The molecule has 1 saturated heterocycles. The number of ether oxygens (including phenoxy) is 4. The van der Waals surface area contributed by atoms with E-state index < -0.39 is 56.5 Å². The number of carbonyl (C=O) groups is 3. The molecule has 2 unspecified atom stereocenters. The van der Waals surface area contributed by atoms with E-state index in [1.807, 2.05) is 91.0 Å². The smallest absolute Gasteiger partial charge is 0.447 e. The fraction of sp³-hybridized carbons (Fsp3) is 0.364. The van der Waals surface area contributed by atoms with Crippen LogP contribution in [0.15, 0.2) is 91.0 Å². The van der Waals surface area contributed by atoms with Gasteiger partial charge >= 0.3 is 18.3 Å². The second-order valence-electron chi connectivity index (χ2n) is 9.68. The van der Waals surface area contributed by atoms with Gasteiger partial charge in [0.15, 0.2) is 6.10 Å². The first kappa shape index (κ1) is 41.3. The van der Waals surface area contributed by atoms with Crippen molar-refractivity contribution in [3.05, 3.63) is 108 Å². The van der Waals surface area contributed by atoms with Gasteiger partial charge < -0.3 is 60.8 Å². The standard InChI is InChI=1S/2C11H15NO4.C7H9N.C4H6O4/c13-7-10(14)8-16-11(15)12-6-9-4-2-1-3-5-9;13-7-10(8-14)16-11(15)12-6-9-4-2-1-3-5-9;8-6-7-4-2-1-3-5-7;5-1-3-2-7-4(6)8-3/h2*1-5,10,13-14H,6-8H2,(H,12,15);1-5H,6,8H2;3,5H,1-2H2. The molecule has 1 fully saturated rings. The van der Waals surface area contributed by atoms with Crippen molar-refractivity contribution in [1.29, 1.82) is 0 Å². The van der Waals surface area contributed by atoms with Crippen LogP contribution >= 0.6 is 0 Å². The SMILES string of the molecule is NCc1ccccc1.O=C(NCc1ccccc1)OC(CO)CO.O=C(NCc1ccccc1)OCC(O)CO.O=C1OCC(CO)O1. The van der Waals surface area contributed by atoms with E-state index in [1.54, 1.807) is 0 Å². The third-order valence-corrected chi connectivity index (χ3v) is 5.79. The maximum atomic E-state index is 11.2. The van der Waals surface area contributed by atoms with E-state index in [-0.39, 0.29) is 19.8 Å². The molecule has 15 nitrogen and oxygen atoms in total. The molecule has 0 aromatic heterocycles. The molecule has 3 aromatic carbocycles. The molecule has 0 spiro atoms. The van der Waals surface area contributed by atoms with Crippen molar-refractivity contribution in [1.82, 2.24) is 10.6 Å². The van der Waals surface area contributed by atoms with Gasteiger partial charge in [-0.1, -0.05) is 91.0 Å². The Morgan fingerprint density at radius 1 is 0.771 bits per heavy atom. The second-order valence-corrected chi connectivity index (χ2v) is 9.68. The summed E-state index contributed by atoms with van der Waals surface area (Å²) in [4.78, 5) is 32.4. The van der Waals surface area contributed by atoms with Gasteiger partial charge in [0, 0.05) is 19.6 Å². The third kappa shape index (κ3) is 20.4. The number of hydrogen-bond donors (Lipinski definition) is 8. The number of benzene rings is 3. The minimum absolute atomic E-state index is 0.161. The first-order chi connectivity index (χ1) is 23.2. The third-order valence-electron chi connectivity index (χ3n) is 5.79. The minimum Gasteiger partial charge on any atom is -0.447 e. The summed E-state index contributed by atoms with van der Waals surface area (Å²) in [5, 5.41) is 48.2. The average molecular weight is 676 g/mol. The van der Waals surface area contributed by atoms with Gasteiger partial charge in [-0.25, -0.2) is 14.4 Å². The summed E-state index contributed by atoms with van der Waals surface area (Å²) in [6, 6.07) is 28.7. The Kier molecular flexibility index (Phi) is 22.6. The molecule has 264 valence electrons. The first-order valence-corrected chi connectivity index (χ1v) is 14.9. The lowest BCUT2D eigenvalue weighted by Gasteiger charge is -2.13. The Hall–Kier alpha value is -4.77. The van der Waals surface area contributed by atoms with Crippen molar-refractivity contribution in [3.8, 4) is 0 Å². The largest absolute Gasteiger partial charge is 0.508 e. The number of aliphatic hydroxyl groups excluding tert-OH is 5. The quantitative estimate of drug-likeness (QED) is 0.0996. The van der Waals surface area contributed by atoms with Crippen LogP contribution in [-0.2, 0) is 38.6 Å². The number of nitrogens with two attached hydrogens (primary N) is 1. The molecule has 1 heterocycles. The molecule has 1 aliphatic rings. The monoisotopic (exact) mass is 675 g/mol. The molecule has 0 aliphatic carbocycles. The molecule has 1 aliphatic heterocycles. The molecule has 2 amide bonds. The zero-order valence-corrected chi connectivity index (χ0v) is 26.4. The van der Waals surface area contributed by atoms with Gasteiger partial charge in [-0.05, 0) is 16.7 Å². The predicted octanol–water partition coefficient (Wildman–Crippen LogP) is 1.19. The lowest BCUT2D eigenvalue weighted by atomic mass is 10.2. The maximum Gasteiger partial charge on any atom is 0.508 e. The van der Waals surface area contributed by atoms with Crippen LogP contribution in [0.4, 0.5) is 14.4 Å². The number of carbonyl (C=O) groups excluding carboxylic acids is 3. The van der Waals surface area contributed by atoms with Crippen LogP contribution in [0.1, 0.15) is 16.7 Å². The maximum absolute atomic E-state index is 11.2. The minimum atomic E-state index is -1.03. The van der Waals surface area contributed by atoms with E-state index >= 15 is 0 Å². The highest BCUT2D eigenvalue weighted by molar-refractivity contribution is 5.67. The molecule has 48 heavy (non-hydrogen) atoms. The lowest BCUT2D eigenvalue weighted by molar-refractivity contribution is 0.0221. The van der Waals surface area contributed by atoms with E-state index in [9.17, 15) is 14.4 Å². The molecule has 2 atom stereocenters. The summed E-state index contributed by atoms with van der Waals surface area (Å²) in [6.07, 6.45) is -4.29. The zero-order chi connectivity index (χ0) is 35.4. The Labute approximate surface area is 278 Å². The Bertz CT molecular complexity index is 1250. The second kappa shape index (κ2) is 26.3. The fourth-order valence-electron chi connectivity index (χ4n) is 3.21. The average Bonchev–Trinajstić information content (AvgIpc) is 3.58. The summed E-state index contributed by atoms with van der Waals surface area (Å²) in [5.41, 5.74) is 8.45. The van der Waals surface area contributed by atoms with Crippen LogP contribution in [0, 0.1) is 0 Å². The number of nitrogens with one attached hydrogen (secondary N) is 2. The van der Waals surface area contributed by atoms with Gasteiger partial charge in [0.05, 0.1) is 26.4 Å². The van der Waals surface area contributed by atoms with E-state index in [0.717, 1.165) is 11.1 Å². The van der Waals surface area contributed by atoms with Gasteiger partial charge in [-0.2, -0.15) is 0 Å². The van der Waals surface area contributed by atoms with E-state index in [1.165, 1.54) is 5.56 Å².